The number of amides is 2. The number of ether oxygens (including phenoxy) is 4. The van der Waals surface area contributed by atoms with Crippen molar-refractivity contribution in [1.29, 1.82) is 0 Å². The topological polar surface area (TPSA) is 132 Å². The minimum absolute atomic E-state index is 0.161. The van der Waals surface area contributed by atoms with Gasteiger partial charge in [0.25, 0.3) is 0 Å². The number of aliphatic hydroxyl groups excluding tert-OH is 1. The second-order valence-electron chi connectivity index (χ2n) is 11.9. The van der Waals surface area contributed by atoms with Crippen molar-refractivity contribution in [3.63, 3.8) is 0 Å². The van der Waals surface area contributed by atoms with E-state index >= 15 is 0 Å². The summed E-state index contributed by atoms with van der Waals surface area (Å²) in [6, 6.07) is 8.92. The van der Waals surface area contributed by atoms with Crippen LogP contribution in [0.4, 0.5) is 10.5 Å². The van der Waals surface area contributed by atoms with Crippen molar-refractivity contribution in [2.75, 3.05) is 49.8 Å². The van der Waals surface area contributed by atoms with E-state index in [2.05, 4.69) is 10.6 Å². The molecule has 1 unspecified atom stereocenters. The number of hydrogen-bond donors (Lipinski definition) is 3. The largest absolute Gasteiger partial charge is 0.465 e. The summed E-state index contributed by atoms with van der Waals surface area (Å²) in [6.45, 7) is 14.1. The van der Waals surface area contributed by atoms with Crippen LogP contribution in [0.2, 0.25) is 0 Å². The number of aliphatic hydroxyl groups is 1. The molecule has 1 aromatic rings. The fourth-order valence-electron chi connectivity index (χ4n) is 3.26. The molecule has 1 rings (SSSR count). The number of carbonyl (C=O) groups excluding carboxylic acids is 3. The number of esters is 2. The van der Waals surface area contributed by atoms with Gasteiger partial charge in [-0.15, -0.1) is 0 Å². The van der Waals surface area contributed by atoms with E-state index in [0.717, 1.165) is 11.4 Å². The van der Waals surface area contributed by atoms with E-state index in [1.165, 1.54) is 6.92 Å². The Bertz CT molecular complexity index is 934. The lowest BCUT2D eigenvalue weighted by atomic mass is 9.93. The van der Waals surface area contributed by atoms with Crippen LogP contribution in [-0.4, -0.2) is 84.4 Å². The van der Waals surface area contributed by atoms with Crippen LogP contribution >= 0.6 is 11.8 Å². The molecule has 2 amide bonds. The first kappa shape index (κ1) is 35.7. The third-order valence-electron chi connectivity index (χ3n) is 5.47. The molecule has 0 aliphatic rings. The minimum Gasteiger partial charge on any atom is -0.465 e. The summed E-state index contributed by atoms with van der Waals surface area (Å²) in [6.07, 6.45) is 0.598. The molecule has 0 spiro atoms. The highest BCUT2D eigenvalue weighted by molar-refractivity contribution is 7.99. The van der Waals surface area contributed by atoms with Crippen LogP contribution in [0.3, 0.4) is 0 Å². The van der Waals surface area contributed by atoms with Crippen molar-refractivity contribution >= 4 is 35.4 Å². The quantitative estimate of drug-likeness (QED) is 0.180. The molecule has 0 bridgehead atoms. The van der Waals surface area contributed by atoms with Gasteiger partial charge in [0, 0.05) is 18.0 Å². The van der Waals surface area contributed by atoms with Crippen molar-refractivity contribution in [3.8, 4) is 0 Å². The van der Waals surface area contributed by atoms with Gasteiger partial charge in [0.15, 0.2) is 5.60 Å². The van der Waals surface area contributed by atoms with Gasteiger partial charge in [0.05, 0.1) is 31.0 Å². The Morgan fingerprint density at radius 1 is 0.875 bits per heavy atom. The van der Waals surface area contributed by atoms with Crippen molar-refractivity contribution in [3.05, 3.63) is 30.3 Å². The van der Waals surface area contributed by atoms with E-state index in [9.17, 15) is 19.5 Å². The predicted molar refractivity (Wildman–Crippen MR) is 157 cm³/mol. The molecule has 0 aliphatic heterocycles. The van der Waals surface area contributed by atoms with Crippen molar-refractivity contribution in [1.82, 2.24) is 5.32 Å². The summed E-state index contributed by atoms with van der Waals surface area (Å²) >= 11 is 1.62. The zero-order valence-corrected chi connectivity index (χ0v) is 26.1. The first-order valence-electron chi connectivity index (χ1n) is 13.5. The molecular formula is C29H48N2O8S. The van der Waals surface area contributed by atoms with Gasteiger partial charge in [-0.1, -0.05) is 18.2 Å². The van der Waals surface area contributed by atoms with E-state index in [1.54, 1.807) is 25.6 Å². The van der Waals surface area contributed by atoms with Gasteiger partial charge in [-0.2, -0.15) is 11.8 Å². The fourth-order valence-corrected chi connectivity index (χ4v) is 4.03. The molecule has 0 heterocycles. The number of thioether (sulfide) groups is 1. The first-order valence-corrected chi connectivity index (χ1v) is 14.6. The number of nitrogens with one attached hydrogen (secondary N) is 2. The van der Waals surface area contributed by atoms with Crippen LogP contribution < -0.4 is 10.6 Å². The van der Waals surface area contributed by atoms with Crippen LogP contribution in [0.15, 0.2) is 30.3 Å². The summed E-state index contributed by atoms with van der Waals surface area (Å²) < 4.78 is 22.5. The molecule has 0 radical (unpaired) electrons. The summed E-state index contributed by atoms with van der Waals surface area (Å²) in [5, 5.41) is 15.4. The van der Waals surface area contributed by atoms with Crippen molar-refractivity contribution in [2.24, 2.45) is 5.41 Å². The fraction of sp³-hybridized carbons (Fsp3) is 0.690. The van der Waals surface area contributed by atoms with Gasteiger partial charge in [0.2, 0.25) is 0 Å². The van der Waals surface area contributed by atoms with Crippen LogP contribution in [0.5, 0.6) is 0 Å². The summed E-state index contributed by atoms with van der Waals surface area (Å²) in [5.74, 6) is 0.119. The zero-order chi connectivity index (χ0) is 30.5. The van der Waals surface area contributed by atoms with Crippen LogP contribution in [0.1, 0.15) is 61.8 Å². The average Bonchev–Trinajstić information content (AvgIpc) is 2.86. The number of para-hydroxylation sites is 1. The number of anilines is 1. The summed E-state index contributed by atoms with van der Waals surface area (Å²) in [7, 11) is 0. The van der Waals surface area contributed by atoms with E-state index in [-0.39, 0.29) is 31.5 Å². The number of rotatable bonds is 17. The van der Waals surface area contributed by atoms with E-state index in [0.29, 0.717) is 18.7 Å². The summed E-state index contributed by atoms with van der Waals surface area (Å²) in [4.78, 5) is 37.3. The van der Waals surface area contributed by atoms with E-state index < -0.39 is 35.2 Å². The molecule has 40 heavy (non-hydrogen) atoms. The Hall–Kier alpha value is -2.34. The molecule has 0 aliphatic carbocycles. The molecular weight excluding hydrogens is 536 g/mol. The maximum absolute atomic E-state index is 12.8. The lowest BCUT2D eigenvalue weighted by Gasteiger charge is -2.36. The molecule has 0 saturated carbocycles. The highest BCUT2D eigenvalue weighted by atomic mass is 32.2. The number of carbonyl (C=O) groups is 3. The molecule has 1 atom stereocenters. The Morgan fingerprint density at radius 3 is 2.12 bits per heavy atom. The monoisotopic (exact) mass is 584 g/mol. The van der Waals surface area contributed by atoms with Crippen LogP contribution in [-0.2, 0) is 28.5 Å². The maximum atomic E-state index is 12.8. The molecule has 0 saturated heterocycles. The lowest BCUT2D eigenvalue weighted by molar-refractivity contribution is -0.202. The van der Waals surface area contributed by atoms with Gasteiger partial charge < -0.3 is 34.7 Å². The molecule has 0 fully saturated rings. The summed E-state index contributed by atoms with van der Waals surface area (Å²) in [5.41, 5.74) is -3.11. The van der Waals surface area contributed by atoms with Gasteiger partial charge in [0.1, 0.15) is 12.0 Å². The Kier molecular flexibility index (Phi) is 14.4. The smallest absolute Gasteiger partial charge is 0.337 e. The minimum atomic E-state index is -1.40. The number of hydrogen-bond acceptors (Lipinski definition) is 9. The van der Waals surface area contributed by atoms with Gasteiger partial charge in [-0.25, -0.2) is 9.59 Å². The molecule has 10 nitrogen and oxygen atoms in total. The third kappa shape index (κ3) is 14.3. The van der Waals surface area contributed by atoms with Gasteiger partial charge in [-0.3, -0.25) is 4.79 Å². The molecule has 3 N–H and O–H groups in total. The molecule has 0 aromatic heterocycles. The maximum Gasteiger partial charge on any atom is 0.337 e. The predicted octanol–water partition coefficient (Wildman–Crippen LogP) is 4.41. The Morgan fingerprint density at radius 2 is 1.52 bits per heavy atom. The molecule has 1 aromatic carbocycles. The lowest BCUT2D eigenvalue weighted by Crippen LogP contribution is -2.48. The van der Waals surface area contributed by atoms with Gasteiger partial charge in [-0.05, 0) is 79.7 Å². The van der Waals surface area contributed by atoms with Crippen LogP contribution in [0, 0.1) is 5.41 Å². The molecule has 228 valence electrons. The Balaban J connectivity index is 2.34. The normalized spacial score (nSPS) is 13.7. The number of benzene rings is 1. The van der Waals surface area contributed by atoms with E-state index in [4.69, 9.17) is 18.9 Å². The second kappa shape index (κ2) is 16.2. The first-order chi connectivity index (χ1) is 18.5. The Labute approximate surface area is 243 Å². The number of urea groups is 1. The van der Waals surface area contributed by atoms with Crippen molar-refractivity contribution in [2.45, 2.75) is 78.6 Å². The zero-order valence-electron chi connectivity index (χ0n) is 25.3. The highest BCUT2D eigenvalue weighted by Crippen LogP contribution is 2.26. The average molecular weight is 585 g/mol. The van der Waals surface area contributed by atoms with E-state index in [1.807, 2.05) is 65.0 Å². The highest BCUT2D eigenvalue weighted by Gasteiger charge is 2.41. The third-order valence-corrected chi connectivity index (χ3v) is 6.54. The van der Waals surface area contributed by atoms with Gasteiger partial charge >= 0.3 is 18.0 Å². The van der Waals surface area contributed by atoms with Crippen LogP contribution in [0.25, 0.3) is 0 Å². The molecule has 11 heteroatoms. The SMILES string of the molecule is CC(C)(C)OCC(C)(C)OC(C)(C)C(=O)OCC(C)(CO)C(=O)OCCCSCCNC(=O)Nc1ccccc1. The second-order valence-corrected chi connectivity index (χ2v) is 13.1. The van der Waals surface area contributed by atoms with Crippen molar-refractivity contribution < 1.29 is 38.4 Å². The standard InChI is InChI=1S/C29H48N2O8S/c1-26(2,3)38-20-27(4,5)39-28(6,7)23(33)37-21-29(8,19-32)24(34)36-16-12-17-40-18-15-30-25(35)31-22-13-10-9-11-14-22/h9-11,13-14,32H,12,15-21H2,1-8H3,(H2,30,31,35).